The lowest BCUT2D eigenvalue weighted by molar-refractivity contribution is 0.185. The molecule has 2 aliphatic rings. The van der Waals surface area contributed by atoms with E-state index >= 15 is 0 Å². The first-order valence-corrected chi connectivity index (χ1v) is 7.35. The molecule has 2 atom stereocenters. The van der Waals surface area contributed by atoms with E-state index in [1.165, 1.54) is 38.8 Å². The fraction of sp³-hybridized carbons (Fsp3) is 0.923. The largest absolute Gasteiger partial charge is 0.385 e. The smallest absolute Gasteiger partial charge is 0.206 e. The summed E-state index contributed by atoms with van der Waals surface area (Å²) in [5, 5.41) is 3.47. The number of piperidine rings is 1. The van der Waals surface area contributed by atoms with Gasteiger partial charge in [-0.15, -0.1) is 0 Å². The number of rotatable bonds is 5. The molecule has 0 aromatic rings. The predicted molar refractivity (Wildman–Crippen MR) is 76.9 cm³/mol. The molecule has 19 heavy (non-hydrogen) atoms. The van der Waals surface area contributed by atoms with Crippen molar-refractivity contribution in [3.05, 3.63) is 0 Å². The van der Waals surface area contributed by atoms with Gasteiger partial charge in [-0.1, -0.05) is 6.42 Å². The standard InChI is InChI=1S/C13H27N5O/c1-19-10-4-7-15-13(17-14)16-11-6-9-18-8-3-2-5-12(11)18/h11-12H,2-10,14H2,1H3,(H2,15,16,17). The van der Waals surface area contributed by atoms with Crippen molar-refractivity contribution in [2.45, 2.75) is 44.2 Å². The predicted octanol–water partition coefficient (Wildman–Crippen LogP) is 0.0586. The lowest BCUT2D eigenvalue weighted by Crippen LogP contribution is -2.52. The van der Waals surface area contributed by atoms with Crippen LogP contribution < -0.4 is 16.6 Å². The van der Waals surface area contributed by atoms with E-state index in [1.54, 1.807) is 7.11 Å². The van der Waals surface area contributed by atoms with Gasteiger partial charge in [0, 0.05) is 38.9 Å². The highest BCUT2D eigenvalue weighted by Gasteiger charge is 2.35. The molecule has 2 saturated heterocycles. The number of nitrogens with one attached hydrogen (secondary N) is 2. The molecule has 2 rings (SSSR count). The van der Waals surface area contributed by atoms with Crippen LogP contribution in [0.4, 0.5) is 0 Å². The first-order chi connectivity index (χ1) is 9.35. The van der Waals surface area contributed by atoms with Gasteiger partial charge in [0.1, 0.15) is 0 Å². The average Bonchev–Trinajstić information content (AvgIpc) is 2.85. The number of hydrogen-bond donors (Lipinski definition) is 3. The molecule has 2 heterocycles. The van der Waals surface area contributed by atoms with Crippen LogP contribution in [0.2, 0.25) is 0 Å². The fourth-order valence-corrected chi connectivity index (χ4v) is 3.12. The number of guanidine groups is 1. The number of aliphatic imine (C=N–C) groups is 1. The van der Waals surface area contributed by atoms with Gasteiger partial charge in [0.25, 0.3) is 0 Å². The molecular formula is C13H27N5O. The number of fused-ring (bicyclic) bond motifs is 1. The number of nitrogens with two attached hydrogens (primary N) is 1. The van der Waals surface area contributed by atoms with E-state index in [0.29, 0.717) is 18.0 Å². The van der Waals surface area contributed by atoms with Gasteiger partial charge in [-0.2, -0.15) is 0 Å². The Bertz CT molecular complexity index is 297. The van der Waals surface area contributed by atoms with Gasteiger partial charge < -0.3 is 10.1 Å². The number of nitrogens with zero attached hydrogens (tertiary/aromatic N) is 2. The van der Waals surface area contributed by atoms with E-state index in [9.17, 15) is 0 Å². The van der Waals surface area contributed by atoms with Gasteiger partial charge in [0.2, 0.25) is 5.96 Å². The van der Waals surface area contributed by atoms with Crippen LogP contribution in [-0.4, -0.2) is 56.3 Å². The Morgan fingerprint density at radius 2 is 2.26 bits per heavy atom. The van der Waals surface area contributed by atoms with Crippen LogP contribution in [0.5, 0.6) is 0 Å². The highest BCUT2D eigenvalue weighted by Crippen LogP contribution is 2.26. The Hall–Kier alpha value is -0.850. The zero-order chi connectivity index (χ0) is 13.5. The summed E-state index contributed by atoms with van der Waals surface area (Å²) >= 11 is 0. The van der Waals surface area contributed by atoms with Crippen LogP contribution in [0.15, 0.2) is 4.99 Å². The quantitative estimate of drug-likeness (QED) is 0.216. The molecular weight excluding hydrogens is 242 g/mol. The Kier molecular flexibility index (Phi) is 5.88. The molecule has 0 aromatic carbocycles. The summed E-state index contributed by atoms with van der Waals surface area (Å²) in [4.78, 5) is 7.05. The summed E-state index contributed by atoms with van der Waals surface area (Å²) in [6.45, 7) is 3.92. The molecule has 6 heteroatoms. The van der Waals surface area contributed by atoms with Crippen LogP contribution in [0.3, 0.4) is 0 Å². The Morgan fingerprint density at radius 1 is 1.37 bits per heavy atom. The number of methoxy groups -OCH3 is 1. The molecule has 0 aliphatic carbocycles. The Labute approximate surface area is 115 Å². The molecule has 0 radical (unpaired) electrons. The lowest BCUT2D eigenvalue weighted by atomic mass is 9.99. The van der Waals surface area contributed by atoms with E-state index in [1.807, 2.05) is 0 Å². The highest BCUT2D eigenvalue weighted by molar-refractivity contribution is 5.79. The maximum absolute atomic E-state index is 5.55. The zero-order valence-corrected chi connectivity index (χ0v) is 11.9. The minimum atomic E-state index is 0.484. The Balaban J connectivity index is 1.80. The van der Waals surface area contributed by atoms with E-state index in [0.717, 1.165) is 19.6 Å². The zero-order valence-electron chi connectivity index (χ0n) is 11.9. The summed E-state index contributed by atoms with van der Waals surface area (Å²) in [6, 6.07) is 1.14. The summed E-state index contributed by atoms with van der Waals surface area (Å²) in [5.74, 6) is 6.26. The van der Waals surface area contributed by atoms with Crippen molar-refractivity contribution in [2.24, 2.45) is 10.8 Å². The highest BCUT2D eigenvalue weighted by atomic mass is 16.5. The van der Waals surface area contributed by atoms with Crippen molar-refractivity contribution in [1.29, 1.82) is 0 Å². The van der Waals surface area contributed by atoms with Crippen LogP contribution in [0, 0.1) is 0 Å². The van der Waals surface area contributed by atoms with Crippen molar-refractivity contribution in [2.75, 3.05) is 33.4 Å². The molecule has 0 saturated carbocycles. The molecule has 0 aromatic heterocycles. The summed E-state index contributed by atoms with van der Waals surface area (Å²) in [7, 11) is 1.71. The van der Waals surface area contributed by atoms with Crippen molar-refractivity contribution in [1.82, 2.24) is 15.6 Å². The van der Waals surface area contributed by atoms with E-state index in [2.05, 4.69) is 20.6 Å². The molecule has 0 spiro atoms. The average molecular weight is 269 g/mol. The molecule has 110 valence electrons. The second-order valence-electron chi connectivity index (χ2n) is 5.36. The van der Waals surface area contributed by atoms with Crippen molar-refractivity contribution < 1.29 is 4.74 Å². The maximum atomic E-state index is 5.55. The topological polar surface area (TPSA) is 74.9 Å². The van der Waals surface area contributed by atoms with Crippen LogP contribution in [0.1, 0.15) is 32.1 Å². The minimum absolute atomic E-state index is 0.484. The van der Waals surface area contributed by atoms with Crippen molar-refractivity contribution in [3.8, 4) is 0 Å². The summed E-state index contributed by atoms with van der Waals surface area (Å²) in [6.07, 6.45) is 6.08. The summed E-state index contributed by atoms with van der Waals surface area (Å²) in [5.41, 5.74) is 2.68. The van der Waals surface area contributed by atoms with Crippen molar-refractivity contribution in [3.63, 3.8) is 0 Å². The first-order valence-electron chi connectivity index (χ1n) is 7.35. The molecule has 2 aliphatic heterocycles. The van der Waals surface area contributed by atoms with Gasteiger partial charge in [-0.3, -0.25) is 15.3 Å². The van der Waals surface area contributed by atoms with Crippen LogP contribution in [-0.2, 0) is 4.74 Å². The first kappa shape index (κ1) is 14.6. The molecule has 0 bridgehead atoms. The monoisotopic (exact) mass is 269 g/mol. The van der Waals surface area contributed by atoms with Gasteiger partial charge in [-0.05, 0) is 32.2 Å². The molecule has 6 nitrogen and oxygen atoms in total. The van der Waals surface area contributed by atoms with Gasteiger partial charge in [0.15, 0.2) is 0 Å². The fourth-order valence-electron chi connectivity index (χ4n) is 3.12. The minimum Gasteiger partial charge on any atom is -0.385 e. The molecule has 0 amide bonds. The number of hydrazine groups is 1. The summed E-state index contributed by atoms with van der Waals surface area (Å²) < 4.78 is 5.01. The third-order valence-electron chi connectivity index (χ3n) is 4.09. The second-order valence-corrected chi connectivity index (χ2v) is 5.36. The Morgan fingerprint density at radius 3 is 3.05 bits per heavy atom. The SMILES string of the molecule is COCCCN=C(NN)NC1CCN2CCCCC12. The van der Waals surface area contributed by atoms with Gasteiger partial charge in [-0.25, -0.2) is 5.84 Å². The van der Waals surface area contributed by atoms with Gasteiger partial charge >= 0.3 is 0 Å². The van der Waals surface area contributed by atoms with Crippen LogP contribution >= 0.6 is 0 Å². The molecule has 2 unspecified atom stereocenters. The van der Waals surface area contributed by atoms with E-state index in [-0.39, 0.29) is 0 Å². The third-order valence-corrected chi connectivity index (χ3v) is 4.09. The van der Waals surface area contributed by atoms with Crippen LogP contribution in [0.25, 0.3) is 0 Å². The number of hydrogen-bond acceptors (Lipinski definition) is 4. The normalized spacial score (nSPS) is 28.2. The third kappa shape index (κ3) is 4.06. The lowest BCUT2D eigenvalue weighted by Gasteiger charge is -2.32. The molecule has 4 N–H and O–H groups in total. The molecule has 2 fully saturated rings. The maximum Gasteiger partial charge on any atom is 0.206 e. The van der Waals surface area contributed by atoms with E-state index < -0.39 is 0 Å². The second kappa shape index (κ2) is 7.67. The van der Waals surface area contributed by atoms with Gasteiger partial charge in [0.05, 0.1) is 0 Å². The van der Waals surface area contributed by atoms with E-state index in [4.69, 9.17) is 10.6 Å². The number of ether oxygens (including phenoxy) is 1. The van der Waals surface area contributed by atoms with Crippen molar-refractivity contribution >= 4 is 5.96 Å².